The molecule has 0 fully saturated rings. The van der Waals surface area contributed by atoms with Gasteiger partial charge in [-0.1, -0.05) is 49.1 Å². The Balaban J connectivity index is 0.00000300. The maximum absolute atomic E-state index is 5.98. The van der Waals surface area contributed by atoms with Crippen molar-refractivity contribution in [3.8, 4) is 23.2 Å². The summed E-state index contributed by atoms with van der Waals surface area (Å²) in [5.74, 6) is 1.27. The van der Waals surface area contributed by atoms with Gasteiger partial charge in [0.05, 0.1) is 12.3 Å². The molecule has 0 aliphatic heterocycles. The Kier molecular flexibility index (Phi) is 9.40. The molecule has 1 aromatic heterocycles. The van der Waals surface area contributed by atoms with E-state index in [1.807, 2.05) is 55.5 Å². The second-order valence-electron chi connectivity index (χ2n) is 6.41. The number of hydrogen-bond acceptors (Lipinski definition) is 6. The number of tetrazole rings is 1. The van der Waals surface area contributed by atoms with Crippen molar-refractivity contribution in [1.82, 2.24) is 25.5 Å². The molecule has 156 valence electrons. The number of benzene rings is 2. The Morgan fingerprint density at radius 1 is 1.00 bits per heavy atom. The van der Waals surface area contributed by atoms with Crippen molar-refractivity contribution in [2.45, 2.75) is 39.7 Å². The smallest absolute Gasteiger partial charge is 0.346 e. The highest BCUT2D eigenvalue weighted by Gasteiger charge is 2.14. The molecule has 0 atom stereocenters. The molecule has 3 aromatic rings. The summed E-state index contributed by atoms with van der Waals surface area (Å²) in [6.07, 6.45) is 3.67. The van der Waals surface area contributed by atoms with Gasteiger partial charge in [-0.05, 0) is 60.1 Å². The van der Waals surface area contributed by atoms with Crippen LogP contribution in [0.4, 0.5) is 0 Å². The molecule has 1 heterocycles. The predicted molar refractivity (Wildman–Crippen MR) is 115 cm³/mol. The van der Waals surface area contributed by atoms with Crippen LogP contribution in [0, 0.1) is 0 Å². The number of rotatable bonds is 11. The lowest BCUT2D eigenvalue weighted by molar-refractivity contribution is 0.315. The molecule has 0 unspecified atom stereocenters. The van der Waals surface area contributed by atoms with E-state index in [1.54, 1.807) is 4.68 Å². The number of unbranched alkanes of at least 4 members (excludes halogenated alkanes) is 2. The van der Waals surface area contributed by atoms with Gasteiger partial charge in [0.2, 0.25) is 0 Å². The highest BCUT2D eigenvalue weighted by molar-refractivity contribution is 5.85. The maximum atomic E-state index is 5.98. The Morgan fingerprint density at radius 2 is 1.83 bits per heavy atom. The van der Waals surface area contributed by atoms with E-state index in [1.165, 1.54) is 19.3 Å². The number of nitrogens with zero attached hydrogens (tertiary/aromatic N) is 4. The maximum Gasteiger partial charge on any atom is 0.346 e. The van der Waals surface area contributed by atoms with Crippen LogP contribution in [0.2, 0.25) is 0 Å². The SMILES string of the molecule is CCCCCNCc1ccc(Oc2nnnn2-c2ccccc2)c(OCC)c1.Cl. The normalized spacial score (nSPS) is 10.4. The zero-order chi connectivity index (χ0) is 19.6. The molecule has 0 radical (unpaired) electrons. The van der Waals surface area contributed by atoms with Crippen molar-refractivity contribution >= 4 is 12.4 Å². The van der Waals surface area contributed by atoms with Gasteiger partial charge in [0.1, 0.15) is 0 Å². The standard InChI is InChI=1S/C21H27N5O2.ClH/c1-3-5-9-14-22-16-17-12-13-19(20(15-17)27-4-2)28-21-23-24-25-26(21)18-10-7-6-8-11-18;/h6-8,10-13,15,22H,3-5,9,14,16H2,1-2H3;1H. The van der Waals surface area contributed by atoms with Crippen LogP contribution in [-0.4, -0.2) is 33.4 Å². The third-order valence-electron chi connectivity index (χ3n) is 4.24. The molecule has 0 aliphatic rings. The van der Waals surface area contributed by atoms with Crippen molar-refractivity contribution in [2.24, 2.45) is 0 Å². The monoisotopic (exact) mass is 417 g/mol. The van der Waals surface area contributed by atoms with Crippen LogP contribution in [0.15, 0.2) is 48.5 Å². The molecular weight excluding hydrogens is 390 g/mol. The van der Waals surface area contributed by atoms with Crippen LogP contribution in [0.3, 0.4) is 0 Å². The second-order valence-corrected chi connectivity index (χ2v) is 6.41. The van der Waals surface area contributed by atoms with Gasteiger partial charge in [-0.15, -0.1) is 12.4 Å². The quantitative estimate of drug-likeness (QED) is 0.461. The first kappa shape index (κ1) is 22.6. The zero-order valence-corrected chi connectivity index (χ0v) is 17.7. The first-order valence-corrected chi connectivity index (χ1v) is 9.80. The van der Waals surface area contributed by atoms with Gasteiger partial charge >= 0.3 is 6.01 Å². The lowest BCUT2D eigenvalue weighted by Crippen LogP contribution is -2.14. The van der Waals surface area contributed by atoms with Crippen LogP contribution >= 0.6 is 12.4 Å². The first-order chi connectivity index (χ1) is 13.8. The minimum Gasteiger partial charge on any atom is -0.490 e. The Hall–Kier alpha value is -2.64. The largest absolute Gasteiger partial charge is 0.490 e. The molecule has 7 nitrogen and oxygen atoms in total. The summed E-state index contributed by atoms with van der Waals surface area (Å²) < 4.78 is 13.3. The van der Waals surface area contributed by atoms with E-state index < -0.39 is 0 Å². The fourth-order valence-electron chi connectivity index (χ4n) is 2.82. The van der Waals surface area contributed by atoms with Crippen LogP contribution in [0.5, 0.6) is 17.5 Å². The summed E-state index contributed by atoms with van der Waals surface area (Å²) in [7, 11) is 0. The lowest BCUT2D eigenvalue weighted by atomic mass is 10.2. The van der Waals surface area contributed by atoms with E-state index in [0.29, 0.717) is 18.1 Å². The summed E-state index contributed by atoms with van der Waals surface area (Å²) >= 11 is 0. The molecule has 0 saturated heterocycles. The van der Waals surface area contributed by atoms with E-state index in [2.05, 4.69) is 27.8 Å². The minimum absolute atomic E-state index is 0. The van der Waals surface area contributed by atoms with E-state index in [0.717, 1.165) is 24.3 Å². The first-order valence-electron chi connectivity index (χ1n) is 9.80. The molecule has 0 saturated carbocycles. The van der Waals surface area contributed by atoms with Crippen molar-refractivity contribution in [3.05, 3.63) is 54.1 Å². The van der Waals surface area contributed by atoms with Crippen LogP contribution in [-0.2, 0) is 6.54 Å². The average Bonchev–Trinajstić information content (AvgIpc) is 3.19. The third kappa shape index (κ3) is 6.44. The molecule has 8 heteroatoms. The van der Waals surface area contributed by atoms with Crippen LogP contribution < -0.4 is 14.8 Å². The molecule has 0 aliphatic carbocycles. The van der Waals surface area contributed by atoms with Crippen LogP contribution in [0.1, 0.15) is 38.7 Å². The van der Waals surface area contributed by atoms with Gasteiger partial charge in [-0.3, -0.25) is 0 Å². The topological polar surface area (TPSA) is 74.1 Å². The number of aromatic nitrogens is 4. The van der Waals surface area contributed by atoms with E-state index in [-0.39, 0.29) is 18.4 Å². The van der Waals surface area contributed by atoms with Crippen molar-refractivity contribution < 1.29 is 9.47 Å². The van der Waals surface area contributed by atoms with Crippen molar-refractivity contribution in [2.75, 3.05) is 13.2 Å². The van der Waals surface area contributed by atoms with Crippen molar-refractivity contribution in [1.29, 1.82) is 0 Å². The third-order valence-corrected chi connectivity index (χ3v) is 4.24. The minimum atomic E-state index is 0. The molecular formula is C21H28ClN5O2. The fourth-order valence-corrected chi connectivity index (χ4v) is 2.82. The number of nitrogens with one attached hydrogen (secondary N) is 1. The van der Waals surface area contributed by atoms with Crippen molar-refractivity contribution in [3.63, 3.8) is 0 Å². The molecule has 2 aromatic carbocycles. The summed E-state index contributed by atoms with van der Waals surface area (Å²) in [6.45, 7) is 6.52. The number of halogens is 1. The summed E-state index contributed by atoms with van der Waals surface area (Å²) in [4.78, 5) is 0. The summed E-state index contributed by atoms with van der Waals surface area (Å²) in [6, 6.07) is 15.8. The van der Waals surface area contributed by atoms with E-state index in [9.17, 15) is 0 Å². The van der Waals surface area contributed by atoms with Gasteiger partial charge in [-0.25, -0.2) is 0 Å². The van der Waals surface area contributed by atoms with Gasteiger partial charge < -0.3 is 14.8 Å². The predicted octanol–water partition coefficient (Wildman–Crippen LogP) is 4.55. The fraction of sp³-hybridized carbons (Fsp3) is 0.381. The highest BCUT2D eigenvalue weighted by Crippen LogP contribution is 2.32. The molecule has 3 rings (SSSR count). The van der Waals surface area contributed by atoms with E-state index >= 15 is 0 Å². The molecule has 0 spiro atoms. The van der Waals surface area contributed by atoms with E-state index in [4.69, 9.17) is 9.47 Å². The zero-order valence-electron chi connectivity index (χ0n) is 16.9. The van der Waals surface area contributed by atoms with Gasteiger partial charge in [0.15, 0.2) is 11.5 Å². The van der Waals surface area contributed by atoms with Crippen LogP contribution in [0.25, 0.3) is 5.69 Å². The number of para-hydroxylation sites is 1. The molecule has 0 bridgehead atoms. The lowest BCUT2D eigenvalue weighted by Gasteiger charge is -2.13. The van der Waals surface area contributed by atoms with Gasteiger partial charge in [0.25, 0.3) is 0 Å². The second kappa shape index (κ2) is 12.0. The van der Waals surface area contributed by atoms with Gasteiger partial charge in [0, 0.05) is 6.54 Å². The Morgan fingerprint density at radius 3 is 2.59 bits per heavy atom. The Labute approximate surface area is 177 Å². The average molecular weight is 418 g/mol. The highest BCUT2D eigenvalue weighted by atomic mass is 35.5. The Bertz CT molecular complexity index is 857. The molecule has 0 amide bonds. The summed E-state index contributed by atoms with van der Waals surface area (Å²) in [5, 5.41) is 15.2. The summed E-state index contributed by atoms with van der Waals surface area (Å²) in [5.41, 5.74) is 1.98. The van der Waals surface area contributed by atoms with Gasteiger partial charge in [-0.2, -0.15) is 4.68 Å². The molecule has 29 heavy (non-hydrogen) atoms. The molecule has 1 N–H and O–H groups in total. The number of ether oxygens (including phenoxy) is 2. The number of hydrogen-bond donors (Lipinski definition) is 1.